The van der Waals surface area contributed by atoms with Crippen molar-refractivity contribution in [2.75, 3.05) is 51.8 Å². The minimum absolute atomic E-state index is 0.0407. The number of benzene rings is 1. The van der Waals surface area contributed by atoms with E-state index < -0.39 is 0 Å². The van der Waals surface area contributed by atoms with Crippen LogP contribution in [0, 0.1) is 6.92 Å². The molecule has 1 saturated heterocycles. The predicted molar refractivity (Wildman–Crippen MR) is 132 cm³/mol. The number of nitrogens with zero attached hydrogens (tertiary/aromatic N) is 6. The van der Waals surface area contributed by atoms with Gasteiger partial charge in [0, 0.05) is 38.8 Å². The number of fused-ring (bicyclic) bond motifs is 3. The Morgan fingerprint density at radius 2 is 1.74 bits per heavy atom. The fraction of sp³-hybridized carbons (Fsp3) is 0.400. The maximum Gasteiger partial charge on any atom is 0.277 e. The van der Waals surface area contributed by atoms with Gasteiger partial charge >= 0.3 is 0 Å². The molecule has 1 aliphatic heterocycles. The van der Waals surface area contributed by atoms with E-state index in [1.54, 1.807) is 26.5 Å². The third-order valence-corrected chi connectivity index (χ3v) is 6.60. The molecule has 0 radical (unpaired) electrons. The molecule has 1 aromatic carbocycles. The van der Waals surface area contributed by atoms with E-state index in [0.29, 0.717) is 23.6 Å². The summed E-state index contributed by atoms with van der Waals surface area (Å²) >= 11 is 0. The number of rotatable bonds is 7. The number of imidazole rings is 1. The first-order valence-corrected chi connectivity index (χ1v) is 11.6. The number of anilines is 1. The summed E-state index contributed by atoms with van der Waals surface area (Å²) in [6.45, 7) is 7.29. The number of hydrogen-bond donors (Lipinski definition) is 0. The first-order valence-electron chi connectivity index (χ1n) is 11.6. The first-order chi connectivity index (χ1) is 16.6. The summed E-state index contributed by atoms with van der Waals surface area (Å²) in [4.78, 5) is 27.1. The molecule has 0 spiro atoms. The molecule has 34 heavy (non-hydrogen) atoms. The smallest absolute Gasteiger partial charge is 0.277 e. The molecule has 0 aliphatic carbocycles. The number of aromatic nitrogens is 4. The quantitative estimate of drug-likeness (QED) is 0.418. The fourth-order valence-corrected chi connectivity index (χ4v) is 4.80. The van der Waals surface area contributed by atoms with Crippen molar-refractivity contribution in [1.82, 2.24) is 23.8 Å². The normalized spacial score (nSPS) is 14.7. The lowest BCUT2D eigenvalue weighted by atomic mass is 10.2. The zero-order chi connectivity index (χ0) is 23.7. The molecule has 4 aromatic rings. The third-order valence-electron chi connectivity index (χ3n) is 6.60. The minimum atomic E-state index is -0.0407. The molecule has 178 valence electrons. The summed E-state index contributed by atoms with van der Waals surface area (Å²) in [5.41, 5.74) is 3.13. The number of pyridine rings is 1. The Bertz CT molecular complexity index is 1370. The van der Waals surface area contributed by atoms with Crippen molar-refractivity contribution in [3.05, 3.63) is 58.8 Å². The van der Waals surface area contributed by atoms with E-state index in [1.807, 2.05) is 34.1 Å². The van der Waals surface area contributed by atoms with Crippen molar-refractivity contribution in [3.8, 4) is 11.6 Å². The van der Waals surface area contributed by atoms with Crippen LogP contribution >= 0.6 is 0 Å². The molecule has 9 nitrogen and oxygen atoms in total. The summed E-state index contributed by atoms with van der Waals surface area (Å²) in [6, 6.07) is 11.9. The van der Waals surface area contributed by atoms with E-state index in [0.717, 1.165) is 61.9 Å². The molecule has 3 aromatic heterocycles. The lowest BCUT2D eigenvalue weighted by molar-refractivity contribution is 0.250. The van der Waals surface area contributed by atoms with Crippen LogP contribution in [0.15, 0.2) is 47.4 Å². The van der Waals surface area contributed by atoms with Gasteiger partial charge in [0.05, 0.1) is 31.6 Å². The maximum atomic E-state index is 13.3. The number of aryl methyl sites for hydroxylation is 2. The molecular weight excluding hydrogens is 432 g/mol. The van der Waals surface area contributed by atoms with Crippen molar-refractivity contribution in [2.45, 2.75) is 19.9 Å². The summed E-state index contributed by atoms with van der Waals surface area (Å²) in [6.07, 6.45) is 2.50. The van der Waals surface area contributed by atoms with E-state index >= 15 is 0 Å². The molecule has 4 heterocycles. The maximum absolute atomic E-state index is 13.3. The number of methoxy groups -OCH3 is 2. The largest absolute Gasteiger partial charge is 0.495 e. The second-order valence-electron chi connectivity index (χ2n) is 8.53. The average molecular weight is 463 g/mol. The van der Waals surface area contributed by atoms with Crippen LogP contribution in [0.2, 0.25) is 0 Å². The summed E-state index contributed by atoms with van der Waals surface area (Å²) < 4.78 is 14.5. The van der Waals surface area contributed by atoms with Crippen LogP contribution in [0.3, 0.4) is 0 Å². The molecule has 1 aliphatic rings. The highest BCUT2D eigenvalue weighted by atomic mass is 16.5. The zero-order valence-corrected chi connectivity index (χ0v) is 19.9. The number of para-hydroxylation sites is 2. The molecule has 0 unspecified atom stereocenters. The molecule has 0 amide bonds. The first kappa shape index (κ1) is 22.2. The summed E-state index contributed by atoms with van der Waals surface area (Å²) in [5, 5.41) is 0. The van der Waals surface area contributed by atoms with Gasteiger partial charge in [-0.25, -0.2) is 4.98 Å². The molecule has 0 bridgehead atoms. The Hall–Kier alpha value is -3.59. The zero-order valence-electron chi connectivity index (χ0n) is 19.9. The Morgan fingerprint density at radius 1 is 0.941 bits per heavy atom. The van der Waals surface area contributed by atoms with Crippen LogP contribution < -0.4 is 19.9 Å². The van der Waals surface area contributed by atoms with Crippen LogP contribution in [-0.4, -0.2) is 70.8 Å². The second kappa shape index (κ2) is 9.34. The van der Waals surface area contributed by atoms with Crippen molar-refractivity contribution >= 4 is 22.4 Å². The monoisotopic (exact) mass is 462 g/mol. The van der Waals surface area contributed by atoms with Gasteiger partial charge in [0.2, 0.25) is 5.88 Å². The Kier molecular flexibility index (Phi) is 6.10. The average Bonchev–Trinajstić information content (AvgIpc) is 3.28. The van der Waals surface area contributed by atoms with Gasteiger partial charge in [-0.1, -0.05) is 12.1 Å². The standard InChI is InChI=1S/C25H30N6O3/c1-18-26-17-21-25(32)30(20-9-10-23(34-3)27-24(20)31(18)21)12-6-11-28-13-15-29(16-14-28)19-7-4-5-8-22(19)33-2/h4-5,7-10,17H,6,11-16H2,1-3H3. The highest BCUT2D eigenvalue weighted by molar-refractivity contribution is 5.76. The Balaban J connectivity index is 1.29. The second-order valence-corrected chi connectivity index (χ2v) is 8.53. The molecule has 0 saturated carbocycles. The third kappa shape index (κ3) is 3.96. The molecule has 9 heteroatoms. The Morgan fingerprint density at radius 3 is 2.50 bits per heavy atom. The topological polar surface area (TPSA) is 77.1 Å². The van der Waals surface area contributed by atoms with Crippen molar-refractivity contribution in [3.63, 3.8) is 0 Å². The van der Waals surface area contributed by atoms with Crippen LogP contribution in [0.5, 0.6) is 11.6 Å². The van der Waals surface area contributed by atoms with Crippen LogP contribution in [0.25, 0.3) is 16.7 Å². The number of ether oxygens (including phenoxy) is 2. The molecule has 5 rings (SSSR count). The van der Waals surface area contributed by atoms with Gasteiger partial charge in [0.1, 0.15) is 17.1 Å². The molecule has 0 atom stereocenters. The summed E-state index contributed by atoms with van der Waals surface area (Å²) in [5.74, 6) is 2.16. The van der Waals surface area contributed by atoms with Gasteiger partial charge in [0.15, 0.2) is 5.65 Å². The molecule has 1 fully saturated rings. The minimum Gasteiger partial charge on any atom is -0.495 e. The lowest BCUT2D eigenvalue weighted by Crippen LogP contribution is -2.47. The van der Waals surface area contributed by atoms with Crippen molar-refractivity contribution < 1.29 is 9.47 Å². The van der Waals surface area contributed by atoms with E-state index in [2.05, 4.69) is 31.9 Å². The van der Waals surface area contributed by atoms with Crippen LogP contribution in [0.1, 0.15) is 12.2 Å². The van der Waals surface area contributed by atoms with Gasteiger partial charge in [0.25, 0.3) is 5.56 Å². The highest BCUT2D eigenvalue weighted by Gasteiger charge is 2.20. The molecular formula is C25H30N6O3. The van der Waals surface area contributed by atoms with Crippen molar-refractivity contribution in [2.24, 2.45) is 0 Å². The predicted octanol–water partition coefficient (Wildman–Crippen LogP) is 2.58. The number of piperazine rings is 1. The molecule has 0 N–H and O–H groups in total. The van der Waals surface area contributed by atoms with Crippen molar-refractivity contribution in [1.29, 1.82) is 0 Å². The van der Waals surface area contributed by atoms with Gasteiger partial charge < -0.3 is 18.9 Å². The van der Waals surface area contributed by atoms with Gasteiger partial charge in [-0.3, -0.25) is 14.1 Å². The van der Waals surface area contributed by atoms with E-state index in [-0.39, 0.29) is 5.56 Å². The Labute approximate surface area is 198 Å². The van der Waals surface area contributed by atoms with Gasteiger partial charge in [-0.2, -0.15) is 4.98 Å². The fourth-order valence-electron chi connectivity index (χ4n) is 4.80. The van der Waals surface area contributed by atoms with E-state index in [1.165, 1.54) is 0 Å². The van der Waals surface area contributed by atoms with Gasteiger partial charge in [-0.15, -0.1) is 0 Å². The SMILES string of the molecule is COc1ccc2c(n1)n1c(C)ncc1c(=O)n2CCCN1CCN(c2ccccc2OC)CC1. The van der Waals surface area contributed by atoms with Gasteiger partial charge in [-0.05, 0) is 38.1 Å². The van der Waals surface area contributed by atoms with E-state index in [9.17, 15) is 4.79 Å². The number of hydrogen-bond acceptors (Lipinski definition) is 7. The highest BCUT2D eigenvalue weighted by Crippen LogP contribution is 2.28. The lowest BCUT2D eigenvalue weighted by Gasteiger charge is -2.36. The van der Waals surface area contributed by atoms with Crippen LogP contribution in [-0.2, 0) is 6.54 Å². The summed E-state index contributed by atoms with van der Waals surface area (Å²) in [7, 11) is 3.31. The van der Waals surface area contributed by atoms with E-state index in [4.69, 9.17) is 9.47 Å². The van der Waals surface area contributed by atoms with Crippen LogP contribution in [0.4, 0.5) is 5.69 Å².